The van der Waals surface area contributed by atoms with E-state index in [1.54, 1.807) is 59.5 Å². The molecule has 14 heteroatoms. The molecule has 45 heavy (non-hydrogen) atoms. The fourth-order valence-electron chi connectivity index (χ4n) is 5.30. The summed E-state index contributed by atoms with van der Waals surface area (Å²) >= 11 is 0. The molecule has 0 spiro atoms. The number of para-hydroxylation sites is 1. The summed E-state index contributed by atoms with van der Waals surface area (Å²) in [6, 6.07) is 16.5. The number of pyridine rings is 1. The van der Waals surface area contributed by atoms with Gasteiger partial charge in [-0.25, -0.2) is 9.67 Å². The first-order valence-electron chi connectivity index (χ1n) is 14.2. The molecular formula is C31H32N8O6. The number of ether oxygens (including phenoxy) is 1. The van der Waals surface area contributed by atoms with Gasteiger partial charge in [-0.3, -0.25) is 14.5 Å². The number of carbonyl (C=O) groups excluding carboxylic acids is 2. The number of phenols is 1. The SMILES string of the molecule is CN(C)c1cc(-n2ccc(N3CCO[C@H](C(O)(CNC(=O)c4ccccc4O)Cc4ccc5c(N)noc5c4)C3=O)n2)ccn1. The summed E-state index contributed by atoms with van der Waals surface area (Å²) < 4.78 is 12.9. The largest absolute Gasteiger partial charge is 0.507 e. The first-order valence-corrected chi connectivity index (χ1v) is 14.2. The number of aliphatic hydroxyl groups is 1. The van der Waals surface area contributed by atoms with Crippen molar-refractivity contribution in [2.45, 2.75) is 18.1 Å². The average molecular weight is 613 g/mol. The highest BCUT2D eigenvalue weighted by molar-refractivity contribution is 5.98. The number of nitrogens with zero attached hydrogens (tertiary/aromatic N) is 6. The van der Waals surface area contributed by atoms with Gasteiger partial charge in [-0.15, -0.1) is 5.10 Å². The summed E-state index contributed by atoms with van der Waals surface area (Å²) in [6.07, 6.45) is 1.93. The Morgan fingerprint density at radius 3 is 2.80 bits per heavy atom. The van der Waals surface area contributed by atoms with Crippen LogP contribution < -0.4 is 20.9 Å². The molecule has 3 aromatic heterocycles. The molecule has 1 aliphatic heterocycles. The van der Waals surface area contributed by atoms with Crippen LogP contribution in [0, 0.1) is 0 Å². The van der Waals surface area contributed by atoms with Crippen molar-refractivity contribution in [3.8, 4) is 11.4 Å². The number of hydrogen-bond donors (Lipinski definition) is 4. The lowest BCUT2D eigenvalue weighted by molar-refractivity contribution is -0.157. The van der Waals surface area contributed by atoms with Gasteiger partial charge in [0.2, 0.25) is 0 Å². The van der Waals surface area contributed by atoms with E-state index >= 15 is 0 Å². The normalized spacial score (nSPS) is 16.5. The number of aromatic hydroxyl groups is 1. The molecule has 0 saturated carbocycles. The van der Waals surface area contributed by atoms with Gasteiger partial charge >= 0.3 is 0 Å². The molecule has 5 N–H and O–H groups in total. The van der Waals surface area contributed by atoms with Gasteiger partial charge in [0, 0.05) is 45.0 Å². The number of carbonyl (C=O) groups is 2. The minimum Gasteiger partial charge on any atom is -0.507 e. The van der Waals surface area contributed by atoms with Gasteiger partial charge < -0.3 is 35.4 Å². The number of nitrogens with one attached hydrogen (secondary N) is 1. The quantitative estimate of drug-likeness (QED) is 0.191. The van der Waals surface area contributed by atoms with Crippen LogP contribution in [0.4, 0.5) is 17.5 Å². The standard InChI is InChI=1S/C31H32N8O6/c1-37(2)26-16-20(9-11-33-26)39-12-10-25(35-39)38-13-14-44-27(30(38)42)31(43,18-34-29(41)21-5-3-4-6-23(21)40)17-19-7-8-22-24(15-19)45-36-28(22)32/h3-12,15-16,27,40,43H,13-14,17-18H2,1-2H3,(H2,32,36)(H,34,41)/t27-,31?/m0/s1. The molecule has 2 amide bonds. The zero-order valence-corrected chi connectivity index (χ0v) is 24.6. The summed E-state index contributed by atoms with van der Waals surface area (Å²) in [5, 5.41) is 34.0. The first-order chi connectivity index (χ1) is 21.6. The number of benzene rings is 2. The van der Waals surface area contributed by atoms with Crippen molar-refractivity contribution < 1.29 is 29.1 Å². The molecule has 2 aromatic carbocycles. The molecule has 1 saturated heterocycles. The van der Waals surface area contributed by atoms with Crippen LogP contribution in [0.5, 0.6) is 5.75 Å². The van der Waals surface area contributed by atoms with E-state index in [4.69, 9.17) is 15.0 Å². The summed E-state index contributed by atoms with van der Waals surface area (Å²) in [4.78, 5) is 34.7. The molecule has 0 radical (unpaired) electrons. The van der Waals surface area contributed by atoms with Crippen molar-refractivity contribution in [3.63, 3.8) is 0 Å². The fraction of sp³-hybridized carbons (Fsp3) is 0.258. The van der Waals surface area contributed by atoms with E-state index in [2.05, 4.69) is 20.6 Å². The summed E-state index contributed by atoms with van der Waals surface area (Å²) in [6.45, 7) is -0.0638. The highest BCUT2D eigenvalue weighted by atomic mass is 16.5. The van der Waals surface area contributed by atoms with Gasteiger partial charge in [-0.05, 0) is 35.9 Å². The van der Waals surface area contributed by atoms with Crippen LogP contribution in [0.15, 0.2) is 77.6 Å². The van der Waals surface area contributed by atoms with Crippen molar-refractivity contribution in [3.05, 3.63) is 84.2 Å². The van der Waals surface area contributed by atoms with E-state index in [1.807, 2.05) is 25.1 Å². The van der Waals surface area contributed by atoms with Crippen molar-refractivity contribution in [2.24, 2.45) is 0 Å². The molecule has 0 aliphatic carbocycles. The van der Waals surface area contributed by atoms with Crippen LogP contribution in [0.2, 0.25) is 0 Å². The van der Waals surface area contributed by atoms with Crippen molar-refractivity contribution in [1.29, 1.82) is 0 Å². The second-order valence-corrected chi connectivity index (χ2v) is 11.0. The predicted octanol–water partition coefficient (Wildman–Crippen LogP) is 1.90. The minimum atomic E-state index is -1.93. The average Bonchev–Trinajstić information content (AvgIpc) is 3.67. The van der Waals surface area contributed by atoms with E-state index in [-0.39, 0.29) is 43.2 Å². The highest BCUT2D eigenvalue weighted by Crippen LogP contribution is 2.30. The number of anilines is 3. The maximum absolute atomic E-state index is 14.0. The van der Waals surface area contributed by atoms with Crippen molar-refractivity contribution in [1.82, 2.24) is 25.2 Å². The fourth-order valence-corrected chi connectivity index (χ4v) is 5.30. The number of amides is 2. The number of morpholine rings is 1. The number of rotatable bonds is 9. The van der Waals surface area contributed by atoms with Crippen LogP contribution in [0.3, 0.4) is 0 Å². The third-order valence-corrected chi connectivity index (χ3v) is 7.66. The van der Waals surface area contributed by atoms with E-state index in [0.29, 0.717) is 22.4 Å². The van der Waals surface area contributed by atoms with Crippen LogP contribution in [-0.2, 0) is 16.0 Å². The molecular weight excluding hydrogens is 580 g/mol. The third kappa shape index (κ3) is 5.88. The van der Waals surface area contributed by atoms with Gasteiger partial charge in [0.25, 0.3) is 11.8 Å². The van der Waals surface area contributed by atoms with Gasteiger partial charge in [0.1, 0.15) is 17.2 Å². The molecule has 1 aliphatic rings. The Bertz CT molecular complexity index is 1870. The Hall–Kier alpha value is -5.47. The lowest BCUT2D eigenvalue weighted by atomic mass is 9.86. The molecule has 14 nitrogen and oxygen atoms in total. The molecule has 2 atom stereocenters. The molecule has 232 valence electrons. The van der Waals surface area contributed by atoms with Gasteiger partial charge in [-0.1, -0.05) is 23.4 Å². The monoisotopic (exact) mass is 612 g/mol. The molecule has 4 heterocycles. The molecule has 1 unspecified atom stereocenters. The molecule has 1 fully saturated rings. The zero-order valence-electron chi connectivity index (χ0n) is 24.6. The maximum atomic E-state index is 14.0. The molecule has 5 aromatic rings. The van der Waals surface area contributed by atoms with Crippen LogP contribution in [0.1, 0.15) is 15.9 Å². The van der Waals surface area contributed by atoms with Crippen LogP contribution >= 0.6 is 0 Å². The Balaban J connectivity index is 1.29. The first kappa shape index (κ1) is 29.6. The number of aromatic nitrogens is 4. The second-order valence-electron chi connectivity index (χ2n) is 11.0. The Morgan fingerprint density at radius 2 is 2.00 bits per heavy atom. The van der Waals surface area contributed by atoms with Gasteiger partial charge in [-0.2, -0.15) is 0 Å². The topological polar surface area (TPSA) is 185 Å². The van der Waals surface area contributed by atoms with E-state index in [0.717, 1.165) is 11.5 Å². The smallest absolute Gasteiger partial charge is 0.260 e. The zero-order chi connectivity index (χ0) is 31.7. The summed E-state index contributed by atoms with van der Waals surface area (Å²) in [5.74, 6) is -0.0273. The molecule has 6 rings (SSSR count). The van der Waals surface area contributed by atoms with Crippen molar-refractivity contribution in [2.75, 3.05) is 49.3 Å². The summed E-state index contributed by atoms with van der Waals surface area (Å²) in [5.41, 5.74) is 5.70. The van der Waals surface area contributed by atoms with Crippen LogP contribution in [0.25, 0.3) is 16.7 Å². The lowest BCUT2D eigenvalue weighted by Crippen LogP contribution is -2.63. The Morgan fingerprint density at radius 1 is 1.18 bits per heavy atom. The molecule has 0 bridgehead atoms. The highest BCUT2D eigenvalue weighted by Gasteiger charge is 2.47. The number of phenolic OH excluding ortho intramolecular Hbond substituents is 1. The van der Waals surface area contributed by atoms with E-state index < -0.39 is 23.5 Å². The second kappa shape index (κ2) is 11.9. The lowest BCUT2D eigenvalue weighted by Gasteiger charge is -2.40. The number of nitrogens with two attached hydrogens (primary N) is 1. The van der Waals surface area contributed by atoms with Gasteiger partial charge in [0.15, 0.2) is 23.3 Å². The van der Waals surface area contributed by atoms with Crippen molar-refractivity contribution >= 4 is 40.2 Å². The van der Waals surface area contributed by atoms with Gasteiger partial charge in [0.05, 0.1) is 36.3 Å². The number of nitrogen functional groups attached to an aromatic ring is 1. The predicted molar refractivity (Wildman–Crippen MR) is 165 cm³/mol. The minimum absolute atomic E-state index is 0.0231. The van der Waals surface area contributed by atoms with E-state index in [1.165, 1.54) is 17.0 Å². The Kier molecular flexibility index (Phi) is 7.83. The third-order valence-electron chi connectivity index (χ3n) is 7.66. The number of fused-ring (bicyclic) bond motifs is 1. The number of hydrogen-bond acceptors (Lipinski definition) is 11. The summed E-state index contributed by atoms with van der Waals surface area (Å²) in [7, 11) is 3.77. The maximum Gasteiger partial charge on any atom is 0.260 e. The van der Waals surface area contributed by atoms with Crippen LogP contribution in [-0.4, -0.2) is 87.4 Å². The van der Waals surface area contributed by atoms with E-state index in [9.17, 15) is 19.8 Å². The Labute approximate surface area is 257 Å².